The second kappa shape index (κ2) is 9.05. The average molecular weight is 349 g/mol. The lowest BCUT2D eigenvalue weighted by atomic mass is 10.1. The van der Waals surface area contributed by atoms with Crippen molar-refractivity contribution in [2.75, 3.05) is 13.2 Å². The van der Waals surface area contributed by atoms with Gasteiger partial charge in [-0.1, -0.05) is 30.3 Å². The van der Waals surface area contributed by atoms with Crippen LogP contribution in [-0.2, 0) is 30.4 Å². The Morgan fingerprint density at radius 1 is 1.16 bits per heavy atom. The molecule has 0 aliphatic carbocycles. The summed E-state index contributed by atoms with van der Waals surface area (Å²) >= 11 is 0. The molecule has 1 heterocycles. The molecule has 2 rings (SSSR count). The van der Waals surface area contributed by atoms with Crippen LogP contribution in [0, 0.1) is 0 Å². The summed E-state index contributed by atoms with van der Waals surface area (Å²) in [5, 5.41) is 0. The SMILES string of the molecule is CCOC(=O)C[C@H]1C[C@H](OC(C)=O)CN1C(=O)OCc1ccccc1. The van der Waals surface area contributed by atoms with Crippen LogP contribution in [0.5, 0.6) is 0 Å². The van der Waals surface area contributed by atoms with Gasteiger partial charge in [-0.05, 0) is 12.5 Å². The largest absolute Gasteiger partial charge is 0.466 e. The summed E-state index contributed by atoms with van der Waals surface area (Å²) < 4.78 is 15.5. The van der Waals surface area contributed by atoms with E-state index < -0.39 is 30.2 Å². The van der Waals surface area contributed by atoms with Crippen LogP contribution < -0.4 is 0 Å². The van der Waals surface area contributed by atoms with E-state index >= 15 is 0 Å². The number of esters is 2. The van der Waals surface area contributed by atoms with E-state index in [1.807, 2.05) is 30.3 Å². The van der Waals surface area contributed by atoms with Crippen LogP contribution in [0.2, 0.25) is 0 Å². The number of likely N-dealkylation sites (tertiary alicyclic amines) is 1. The van der Waals surface area contributed by atoms with Crippen molar-refractivity contribution in [3.8, 4) is 0 Å². The number of rotatable bonds is 6. The van der Waals surface area contributed by atoms with Gasteiger partial charge in [0.2, 0.25) is 0 Å². The third kappa shape index (κ3) is 5.77. The van der Waals surface area contributed by atoms with Gasteiger partial charge in [0.1, 0.15) is 12.7 Å². The zero-order chi connectivity index (χ0) is 18.2. The molecule has 1 aromatic carbocycles. The Bertz CT molecular complexity index is 603. The molecule has 136 valence electrons. The van der Waals surface area contributed by atoms with Gasteiger partial charge in [0, 0.05) is 19.4 Å². The molecule has 7 heteroatoms. The fourth-order valence-corrected chi connectivity index (χ4v) is 2.83. The van der Waals surface area contributed by atoms with Gasteiger partial charge >= 0.3 is 18.0 Å². The molecule has 1 fully saturated rings. The van der Waals surface area contributed by atoms with E-state index in [4.69, 9.17) is 14.2 Å². The summed E-state index contributed by atoms with van der Waals surface area (Å²) in [7, 11) is 0. The number of ether oxygens (including phenoxy) is 3. The van der Waals surface area contributed by atoms with Gasteiger partial charge in [-0.15, -0.1) is 0 Å². The van der Waals surface area contributed by atoms with Gasteiger partial charge in [0.15, 0.2) is 0 Å². The number of benzene rings is 1. The normalized spacial score (nSPS) is 19.4. The van der Waals surface area contributed by atoms with Crippen molar-refractivity contribution in [3.63, 3.8) is 0 Å². The molecule has 0 aromatic heterocycles. The van der Waals surface area contributed by atoms with Crippen LogP contribution in [0.1, 0.15) is 32.3 Å². The Morgan fingerprint density at radius 3 is 2.52 bits per heavy atom. The minimum Gasteiger partial charge on any atom is -0.466 e. The quantitative estimate of drug-likeness (QED) is 0.579. The maximum absolute atomic E-state index is 12.4. The molecule has 1 aromatic rings. The van der Waals surface area contributed by atoms with Crippen LogP contribution in [0.4, 0.5) is 4.79 Å². The molecule has 1 amide bonds. The Balaban J connectivity index is 1.98. The number of carbonyl (C=O) groups excluding carboxylic acids is 3. The molecule has 1 aliphatic heterocycles. The highest BCUT2D eigenvalue weighted by atomic mass is 16.6. The molecule has 25 heavy (non-hydrogen) atoms. The number of hydrogen-bond donors (Lipinski definition) is 0. The monoisotopic (exact) mass is 349 g/mol. The number of amides is 1. The summed E-state index contributed by atoms with van der Waals surface area (Å²) in [5.41, 5.74) is 0.869. The third-order valence-electron chi connectivity index (χ3n) is 3.86. The van der Waals surface area contributed by atoms with Crippen molar-refractivity contribution >= 4 is 18.0 Å². The summed E-state index contributed by atoms with van der Waals surface area (Å²) in [4.78, 5) is 36.8. The predicted molar refractivity (Wildman–Crippen MR) is 88.5 cm³/mol. The molecule has 1 saturated heterocycles. The van der Waals surface area contributed by atoms with Gasteiger partial charge in [0.05, 0.1) is 19.6 Å². The van der Waals surface area contributed by atoms with Gasteiger partial charge < -0.3 is 19.1 Å². The fourth-order valence-electron chi connectivity index (χ4n) is 2.83. The lowest BCUT2D eigenvalue weighted by Crippen LogP contribution is -2.38. The molecule has 1 aliphatic rings. The maximum Gasteiger partial charge on any atom is 0.410 e. The van der Waals surface area contributed by atoms with Gasteiger partial charge in [-0.2, -0.15) is 0 Å². The Morgan fingerprint density at radius 2 is 1.88 bits per heavy atom. The van der Waals surface area contributed by atoms with Gasteiger partial charge in [-0.3, -0.25) is 9.59 Å². The molecule has 0 bridgehead atoms. The Kier molecular flexibility index (Phi) is 6.80. The smallest absolute Gasteiger partial charge is 0.410 e. The standard InChI is InChI=1S/C18H23NO6/c1-3-23-17(21)10-15-9-16(25-13(2)20)11-19(15)18(22)24-12-14-7-5-4-6-8-14/h4-8,15-16H,3,9-12H2,1-2H3/t15-,16+/m1/s1. The Hall–Kier alpha value is -2.57. The van der Waals surface area contributed by atoms with Crippen LogP contribution in [0.25, 0.3) is 0 Å². The first kappa shape index (κ1) is 18.8. The summed E-state index contributed by atoms with van der Waals surface area (Å²) in [6, 6.07) is 8.90. The minimum atomic E-state index is -0.534. The lowest BCUT2D eigenvalue weighted by molar-refractivity contribution is -0.145. The van der Waals surface area contributed by atoms with E-state index in [0.29, 0.717) is 6.42 Å². The summed E-state index contributed by atoms with van der Waals surface area (Å²) in [6.45, 7) is 3.66. The van der Waals surface area contributed by atoms with E-state index in [-0.39, 0.29) is 26.2 Å². The molecular weight excluding hydrogens is 326 g/mol. The highest BCUT2D eigenvalue weighted by molar-refractivity contribution is 5.73. The first-order chi connectivity index (χ1) is 12.0. The van der Waals surface area contributed by atoms with Crippen LogP contribution in [0.3, 0.4) is 0 Å². The first-order valence-electron chi connectivity index (χ1n) is 8.29. The van der Waals surface area contributed by atoms with Crippen molar-refractivity contribution < 1.29 is 28.6 Å². The van der Waals surface area contributed by atoms with Crippen molar-refractivity contribution in [2.24, 2.45) is 0 Å². The summed E-state index contributed by atoms with van der Waals surface area (Å²) in [6.07, 6.45) is -0.542. The van der Waals surface area contributed by atoms with Gasteiger partial charge in [0.25, 0.3) is 0 Å². The van der Waals surface area contributed by atoms with Crippen LogP contribution >= 0.6 is 0 Å². The van der Waals surface area contributed by atoms with Crippen molar-refractivity contribution in [1.29, 1.82) is 0 Å². The molecule has 0 spiro atoms. The van der Waals surface area contributed by atoms with E-state index in [2.05, 4.69) is 0 Å². The highest BCUT2D eigenvalue weighted by Gasteiger charge is 2.39. The number of nitrogens with zero attached hydrogens (tertiary/aromatic N) is 1. The van der Waals surface area contributed by atoms with E-state index in [9.17, 15) is 14.4 Å². The van der Waals surface area contributed by atoms with Crippen LogP contribution in [0.15, 0.2) is 30.3 Å². The van der Waals surface area contributed by atoms with Crippen molar-refractivity contribution in [2.45, 2.75) is 45.4 Å². The summed E-state index contributed by atoms with van der Waals surface area (Å²) in [5.74, 6) is -0.809. The predicted octanol–water partition coefficient (Wildman–Crippen LogP) is 2.28. The van der Waals surface area contributed by atoms with E-state index in [0.717, 1.165) is 5.56 Å². The molecule has 0 N–H and O–H groups in total. The topological polar surface area (TPSA) is 82.1 Å². The first-order valence-corrected chi connectivity index (χ1v) is 8.29. The van der Waals surface area contributed by atoms with Crippen molar-refractivity contribution in [1.82, 2.24) is 4.90 Å². The lowest BCUT2D eigenvalue weighted by Gasteiger charge is -2.23. The molecule has 0 unspecified atom stereocenters. The molecule has 2 atom stereocenters. The minimum absolute atomic E-state index is 0.0477. The second-order valence-corrected chi connectivity index (χ2v) is 5.82. The number of hydrogen-bond acceptors (Lipinski definition) is 6. The molecule has 0 radical (unpaired) electrons. The third-order valence-corrected chi connectivity index (χ3v) is 3.86. The number of carbonyl (C=O) groups is 3. The Labute approximate surface area is 146 Å². The molecular formula is C18H23NO6. The van der Waals surface area contributed by atoms with Crippen LogP contribution in [-0.4, -0.2) is 48.2 Å². The highest BCUT2D eigenvalue weighted by Crippen LogP contribution is 2.24. The van der Waals surface area contributed by atoms with Gasteiger partial charge in [-0.25, -0.2) is 4.79 Å². The second-order valence-electron chi connectivity index (χ2n) is 5.82. The molecule has 0 saturated carbocycles. The maximum atomic E-state index is 12.4. The van der Waals surface area contributed by atoms with E-state index in [1.165, 1.54) is 11.8 Å². The van der Waals surface area contributed by atoms with Crippen molar-refractivity contribution in [3.05, 3.63) is 35.9 Å². The van der Waals surface area contributed by atoms with E-state index in [1.54, 1.807) is 6.92 Å². The zero-order valence-corrected chi connectivity index (χ0v) is 14.5. The zero-order valence-electron chi connectivity index (χ0n) is 14.5. The molecule has 7 nitrogen and oxygen atoms in total. The fraction of sp³-hybridized carbons (Fsp3) is 0.500. The average Bonchev–Trinajstić information content (AvgIpc) is 2.95.